The van der Waals surface area contributed by atoms with Crippen molar-refractivity contribution >= 4 is 0 Å². The number of aromatic nitrogens is 2. The van der Waals surface area contributed by atoms with Crippen LogP contribution in [0.3, 0.4) is 0 Å². The molecule has 1 N–H and O–H groups in total. The fourth-order valence-corrected chi connectivity index (χ4v) is 3.68. The average Bonchev–Trinajstić information content (AvgIpc) is 2.93. The largest absolute Gasteiger partial charge is 0.314 e. The van der Waals surface area contributed by atoms with Gasteiger partial charge in [0.1, 0.15) is 0 Å². The maximum absolute atomic E-state index is 4.85. The Kier molecular flexibility index (Phi) is 4.41. The quantitative estimate of drug-likeness (QED) is 0.921. The second-order valence-electron chi connectivity index (χ2n) is 6.61. The molecular formula is C16H28N4. The van der Waals surface area contributed by atoms with Crippen LogP contribution in [0.15, 0.2) is 12.3 Å². The van der Waals surface area contributed by atoms with Crippen LogP contribution in [0.2, 0.25) is 0 Å². The van der Waals surface area contributed by atoms with Crippen LogP contribution < -0.4 is 5.32 Å². The summed E-state index contributed by atoms with van der Waals surface area (Å²) in [5, 5.41) is 8.34. The lowest BCUT2D eigenvalue weighted by atomic mass is 9.96. The van der Waals surface area contributed by atoms with E-state index in [1.807, 2.05) is 0 Å². The van der Waals surface area contributed by atoms with E-state index in [0.29, 0.717) is 18.1 Å². The van der Waals surface area contributed by atoms with Crippen molar-refractivity contribution in [2.75, 3.05) is 13.1 Å². The molecule has 1 aliphatic carbocycles. The number of rotatable bonds is 3. The van der Waals surface area contributed by atoms with E-state index in [4.69, 9.17) is 5.10 Å². The van der Waals surface area contributed by atoms with Crippen molar-refractivity contribution in [1.29, 1.82) is 0 Å². The Labute approximate surface area is 122 Å². The van der Waals surface area contributed by atoms with Crippen LogP contribution in [0.4, 0.5) is 0 Å². The molecule has 1 aliphatic heterocycles. The second kappa shape index (κ2) is 6.27. The van der Waals surface area contributed by atoms with Crippen LogP contribution in [-0.4, -0.2) is 39.9 Å². The lowest BCUT2D eigenvalue weighted by Gasteiger charge is -2.39. The van der Waals surface area contributed by atoms with Crippen molar-refractivity contribution in [3.8, 4) is 0 Å². The summed E-state index contributed by atoms with van der Waals surface area (Å²) in [7, 11) is 0. The van der Waals surface area contributed by atoms with Gasteiger partial charge in [-0.3, -0.25) is 9.58 Å². The van der Waals surface area contributed by atoms with E-state index >= 15 is 0 Å². The Bertz CT molecular complexity index is 412. The topological polar surface area (TPSA) is 33.1 Å². The minimum Gasteiger partial charge on any atom is -0.314 e. The molecule has 2 atom stereocenters. The second-order valence-corrected chi connectivity index (χ2v) is 6.61. The fraction of sp³-hybridized carbons (Fsp3) is 0.812. The van der Waals surface area contributed by atoms with Gasteiger partial charge in [0.25, 0.3) is 0 Å². The molecule has 1 saturated carbocycles. The molecule has 4 nitrogen and oxygen atoms in total. The Morgan fingerprint density at radius 3 is 2.55 bits per heavy atom. The van der Waals surface area contributed by atoms with Crippen LogP contribution in [0.25, 0.3) is 0 Å². The van der Waals surface area contributed by atoms with Gasteiger partial charge in [-0.2, -0.15) is 5.10 Å². The lowest BCUT2D eigenvalue weighted by Crippen LogP contribution is -2.54. The molecule has 2 heterocycles. The molecule has 0 aromatic carbocycles. The first-order valence-corrected chi connectivity index (χ1v) is 8.24. The lowest BCUT2D eigenvalue weighted by molar-refractivity contribution is 0.107. The van der Waals surface area contributed by atoms with E-state index in [2.05, 4.69) is 41.0 Å². The van der Waals surface area contributed by atoms with Gasteiger partial charge in [-0.25, -0.2) is 0 Å². The third kappa shape index (κ3) is 3.07. The maximum Gasteiger partial charge on any atom is 0.0765 e. The van der Waals surface area contributed by atoms with Crippen molar-refractivity contribution in [1.82, 2.24) is 20.0 Å². The number of hydrogen-bond donors (Lipinski definition) is 1. The van der Waals surface area contributed by atoms with Gasteiger partial charge < -0.3 is 5.32 Å². The summed E-state index contributed by atoms with van der Waals surface area (Å²) in [6.45, 7) is 7.78. The summed E-state index contributed by atoms with van der Waals surface area (Å²) >= 11 is 0. The van der Waals surface area contributed by atoms with Crippen LogP contribution in [-0.2, 0) is 6.54 Å². The highest BCUT2D eigenvalue weighted by molar-refractivity contribution is 5.01. The van der Waals surface area contributed by atoms with Gasteiger partial charge in [0.05, 0.1) is 11.7 Å². The monoisotopic (exact) mass is 276 g/mol. The average molecular weight is 276 g/mol. The van der Waals surface area contributed by atoms with Gasteiger partial charge >= 0.3 is 0 Å². The van der Waals surface area contributed by atoms with Crippen LogP contribution in [0, 0.1) is 0 Å². The summed E-state index contributed by atoms with van der Waals surface area (Å²) in [5.74, 6) is 0. The van der Waals surface area contributed by atoms with Gasteiger partial charge in [0, 0.05) is 37.9 Å². The van der Waals surface area contributed by atoms with Crippen LogP contribution in [0.1, 0.15) is 57.7 Å². The molecular weight excluding hydrogens is 248 g/mol. The molecule has 1 aromatic heterocycles. The molecule has 0 bridgehead atoms. The maximum atomic E-state index is 4.85. The van der Waals surface area contributed by atoms with Crippen molar-refractivity contribution in [3.05, 3.63) is 18.0 Å². The first-order chi connectivity index (χ1) is 9.74. The zero-order chi connectivity index (χ0) is 13.9. The first kappa shape index (κ1) is 14.1. The summed E-state index contributed by atoms with van der Waals surface area (Å²) in [6.07, 6.45) is 8.95. The standard InChI is InChI=1S/C16H28N4/c1-13-10-17-11-14(2)19(13)12-15-8-9-20(18-15)16-6-4-3-5-7-16/h8-9,13-14,16-17H,3-7,10-12H2,1-2H3. The van der Waals surface area contributed by atoms with Crippen LogP contribution in [0.5, 0.6) is 0 Å². The number of piperazine rings is 1. The predicted octanol–water partition coefficient (Wildman–Crippen LogP) is 2.57. The molecule has 1 saturated heterocycles. The molecule has 0 spiro atoms. The number of nitrogens with zero attached hydrogens (tertiary/aromatic N) is 3. The van der Waals surface area contributed by atoms with E-state index in [9.17, 15) is 0 Å². The zero-order valence-electron chi connectivity index (χ0n) is 12.9. The molecule has 2 aliphatic rings. The molecule has 3 rings (SSSR count). The summed E-state index contributed by atoms with van der Waals surface area (Å²) < 4.78 is 2.23. The molecule has 0 amide bonds. The van der Waals surface area contributed by atoms with Crippen molar-refractivity contribution < 1.29 is 0 Å². The fourth-order valence-electron chi connectivity index (χ4n) is 3.68. The molecule has 1 aromatic rings. The number of nitrogens with one attached hydrogen (secondary N) is 1. The van der Waals surface area contributed by atoms with Gasteiger partial charge in [-0.15, -0.1) is 0 Å². The highest BCUT2D eigenvalue weighted by atomic mass is 15.3. The smallest absolute Gasteiger partial charge is 0.0765 e. The first-order valence-electron chi connectivity index (χ1n) is 8.24. The van der Waals surface area contributed by atoms with Crippen molar-refractivity contribution in [2.24, 2.45) is 0 Å². The predicted molar refractivity (Wildman–Crippen MR) is 81.7 cm³/mol. The third-order valence-corrected chi connectivity index (χ3v) is 4.97. The zero-order valence-corrected chi connectivity index (χ0v) is 12.9. The number of hydrogen-bond acceptors (Lipinski definition) is 3. The van der Waals surface area contributed by atoms with Gasteiger partial charge in [0.2, 0.25) is 0 Å². The van der Waals surface area contributed by atoms with Crippen molar-refractivity contribution in [3.63, 3.8) is 0 Å². The Balaban J connectivity index is 1.64. The normalized spacial score (nSPS) is 29.7. The van der Waals surface area contributed by atoms with Gasteiger partial charge in [-0.05, 0) is 32.8 Å². The molecule has 20 heavy (non-hydrogen) atoms. The Morgan fingerprint density at radius 1 is 1.15 bits per heavy atom. The van der Waals surface area contributed by atoms with Crippen molar-refractivity contribution in [2.45, 2.75) is 70.6 Å². The van der Waals surface area contributed by atoms with E-state index in [0.717, 1.165) is 19.6 Å². The molecule has 2 unspecified atom stereocenters. The molecule has 2 fully saturated rings. The van der Waals surface area contributed by atoms with E-state index in [-0.39, 0.29) is 0 Å². The molecule has 112 valence electrons. The summed E-state index contributed by atoms with van der Waals surface area (Å²) in [6, 6.07) is 4.06. The molecule has 0 radical (unpaired) electrons. The minimum atomic E-state index is 0.596. The highest BCUT2D eigenvalue weighted by Gasteiger charge is 2.25. The SMILES string of the molecule is CC1CNCC(C)N1Cc1ccn(C2CCCCC2)n1. The Hall–Kier alpha value is -0.870. The third-order valence-electron chi connectivity index (χ3n) is 4.97. The summed E-state index contributed by atoms with van der Waals surface area (Å²) in [5.41, 5.74) is 1.23. The molecule has 4 heteroatoms. The van der Waals surface area contributed by atoms with E-state index in [1.165, 1.54) is 37.8 Å². The van der Waals surface area contributed by atoms with Crippen LogP contribution >= 0.6 is 0 Å². The Morgan fingerprint density at radius 2 is 1.85 bits per heavy atom. The minimum absolute atomic E-state index is 0.596. The van der Waals surface area contributed by atoms with Gasteiger partial charge in [0.15, 0.2) is 0 Å². The van der Waals surface area contributed by atoms with Gasteiger partial charge in [-0.1, -0.05) is 19.3 Å². The highest BCUT2D eigenvalue weighted by Crippen LogP contribution is 2.27. The summed E-state index contributed by atoms with van der Waals surface area (Å²) in [4.78, 5) is 2.57. The van der Waals surface area contributed by atoms with E-state index < -0.39 is 0 Å². The van der Waals surface area contributed by atoms with E-state index in [1.54, 1.807) is 0 Å².